The highest BCUT2D eigenvalue weighted by atomic mass is 16.7. The van der Waals surface area contributed by atoms with Gasteiger partial charge in [0.1, 0.15) is 18.8 Å². The third kappa shape index (κ3) is 43.1. The zero-order valence-corrected chi connectivity index (χ0v) is 48.5. The molecule has 0 radical (unpaired) electrons. The van der Waals surface area contributed by atoms with E-state index in [1.54, 1.807) is 6.08 Å². The highest BCUT2D eigenvalue weighted by Crippen LogP contribution is 2.26. The van der Waals surface area contributed by atoms with E-state index in [2.05, 4.69) is 130 Å². The zero-order chi connectivity index (χ0) is 57.5. The second kappa shape index (κ2) is 53.3. The molecule has 1 aliphatic heterocycles. The molecule has 1 rings (SSSR count). The van der Waals surface area contributed by atoms with Crippen molar-refractivity contribution in [1.29, 1.82) is 0 Å². The van der Waals surface area contributed by atoms with Gasteiger partial charge in [-0.25, -0.2) is 4.79 Å². The lowest BCUT2D eigenvalue weighted by molar-refractivity contribution is -0.301. The maximum Gasteiger partial charge on any atom is 0.335 e. The number of esters is 3. The van der Waals surface area contributed by atoms with Gasteiger partial charge in [-0.05, 0) is 109 Å². The van der Waals surface area contributed by atoms with Crippen molar-refractivity contribution in [3.8, 4) is 0 Å². The van der Waals surface area contributed by atoms with Gasteiger partial charge >= 0.3 is 23.9 Å². The predicted octanol–water partition coefficient (Wildman–Crippen LogP) is 15.6. The molecule has 0 aromatic rings. The van der Waals surface area contributed by atoms with Crippen molar-refractivity contribution in [2.75, 3.05) is 13.2 Å². The van der Waals surface area contributed by atoms with E-state index in [-0.39, 0.29) is 19.3 Å². The fraction of sp³-hybridized carbons (Fsp3) is 0.582. The largest absolute Gasteiger partial charge is 0.479 e. The van der Waals surface area contributed by atoms with Crippen LogP contribution in [0.2, 0.25) is 0 Å². The molecule has 1 fully saturated rings. The van der Waals surface area contributed by atoms with Gasteiger partial charge in [-0.3, -0.25) is 14.4 Å². The Morgan fingerprint density at radius 3 is 1.33 bits per heavy atom. The first kappa shape index (κ1) is 71.6. The number of aliphatic hydroxyl groups is 2. The smallest absolute Gasteiger partial charge is 0.335 e. The molecule has 0 saturated carbocycles. The summed E-state index contributed by atoms with van der Waals surface area (Å²) in [6.45, 7) is 5.62. The minimum Gasteiger partial charge on any atom is -0.479 e. The molecule has 1 heterocycles. The molecule has 3 N–H and O–H groups in total. The normalized spacial score (nSPS) is 18.9. The maximum absolute atomic E-state index is 13.1. The third-order valence-electron chi connectivity index (χ3n) is 12.4. The number of unbranched alkanes of at least 4 members (excludes halogenated alkanes) is 11. The van der Waals surface area contributed by atoms with Crippen molar-refractivity contribution in [2.24, 2.45) is 0 Å². The van der Waals surface area contributed by atoms with Crippen LogP contribution in [0.1, 0.15) is 201 Å². The Morgan fingerprint density at radius 2 is 0.861 bits per heavy atom. The van der Waals surface area contributed by atoms with E-state index < -0.39 is 73.9 Å². The van der Waals surface area contributed by atoms with Crippen LogP contribution >= 0.6 is 0 Å². The van der Waals surface area contributed by atoms with Crippen LogP contribution in [0.15, 0.2) is 146 Å². The molecule has 0 aromatic carbocycles. The topological polar surface area (TPSA) is 175 Å². The minimum absolute atomic E-state index is 0.0311. The Labute approximate surface area is 476 Å². The Morgan fingerprint density at radius 1 is 0.443 bits per heavy atom. The molecule has 0 aromatic heterocycles. The van der Waals surface area contributed by atoms with Crippen LogP contribution in [-0.2, 0) is 42.9 Å². The Balaban J connectivity index is 2.80. The van der Waals surface area contributed by atoms with E-state index in [1.165, 1.54) is 38.5 Å². The third-order valence-corrected chi connectivity index (χ3v) is 12.4. The van der Waals surface area contributed by atoms with E-state index in [0.29, 0.717) is 25.7 Å². The molecule has 12 nitrogen and oxygen atoms in total. The fourth-order valence-electron chi connectivity index (χ4n) is 7.93. The maximum atomic E-state index is 13.1. The molecular weight excluding hydrogens is 997 g/mol. The zero-order valence-electron chi connectivity index (χ0n) is 48.5. The summed E-state index contributed by atoms with van der Waals surface area (Å²) < 4.78 is 28.2. The number of rotatable bonds is 48. The summed E-state index contributed by atoms with van der Waals surface area (Å²) in [5.74, 6) is -3.43. The number of aliphatic hydroxyl groups excluding tert-OH is 2. The highest BCUT2D eigenvalue weighted by Gasteiger charge is 2.50. The summed E-state index contributed by atoms with van der Waals surface area (Å²) in [6.07, 6.45) is 64.2. The summed E-state index contributed by atoms with van der Waals surface area (Å²) in [7, 11) is 0. The molecule has 79 heavy (non-hydrogen) atoms. The average molecular weight is 1100 g/mol. The predicted molar refractivity (Wildman–Crippen MR) is 321 cm³/mol. The van der Waals surface area contributed by atoms with Crippen molar-refractivity contribution in [2.45, 2.75) is 237 Å². The van der Waals surface area contributed by atoms with Gasteiger partial charge in [0.2, 0.25) is 0 Å². The van der Waals surface area contributed by atoms with Gasteiger partial charge in [0.05, 0.1) is 13.0 Å². The van der Waals surface area contributed by atoms with Crippen LogP contribution in [0.5, 0.6) is 0 Å². The molecule has 0 amide bonds. The van der Waals surface area contributed by atoms with Gasteiger partial charge in [-0.1, -0.05) is 218 Å². The van der Waals surface area contributed by atoms with Gasteiger partial charge in [-0.2, -0.15) is 0 Å². The second-order valence-corrected chi connectivity index (χ2v) is 19.5. The van der Waals surface area contributed by atoms with E-state index in [9.17, 15) is 34.5 Å². The van der Waals surface area contributed by atoms with Crippen LogP contribution in [0.3, 0.4) is 0 Å². The molecule has 6 unspecified atom stereocenters. The summed E-state index contributed by atoms with van der Waals surface area (Å²) in [5, 5.41) is 31.5. The van der Waals surface area contributed by atoms with E-state index in [0.717, 1.165) is 96.3 Å². The molecule has 6 atom stereocenters. The molecule has 0 aliphatic carbocycles. The summed E-state index contributed by atoms with van der Waals surface area (Å²) in [4.78, 5) is 51.1. The molecule has 442 valence electrons. The monoisotopic (exact) mass is 1100 g/mol. The lowest BCUT2D eigenvalue weighted by Crippen LogP contribution is -2.61. The van der Waals surface area contributed by atoms with Gasteiger partial charge < -0.3 is 39.0 Å². The van der Waals surface area contributed by atoms with Crippen LogP contribution in [0, 0.1) is 0 Å². The minimum atomic E-state index is -1.95. The van der Waals surface area contributed by atoms with Crippen molar-refractivity contribution in [3.05, 3.63) is 146 Å². The second-order valence-electron chi connectivity index (χ2n) is 19.5. The van der Waals surface area contributed by atoms with Gasteiger partial charge in [0.15, 0.2) is 24.6 Å². The van der Waals surface area contributed by atoms with E-state index in [1.807, 2.05) is 30.4 Å². The van der Waals surface area contributed by atoms with Crippen molar-refractivity contribution in [3.63, 3.8) is 0 Å². The number of allylic oxidation sites excluding steroid dienone is 23. The lowest BCUT2D eigenvalue weighted by atomic mass is 9.98. The van der Waals surface area contributed by atoms with Crippen molar-refractivity contribution >= 4 is 23.9 Å². The number of carbonyl (C=O) groups is 4. The number of ether oxygens (including phenoxy) is 5. The first-order valence-electron chi connectivity index (χ1n) is 29.8. The van der Waals surface area contributed by atoms with E-state index >= 15 is 0 Å². The van der Waals surface area contributed by atoms with Crippen LogP contribution in [0.4, 0.5) is 0 Å². The van der Waals surface area contributed by atoms with Crippen molar-refractivity contribution in [1.82, 2.24) is 0 Å². The number of aliphatic carboxylic acids is 1. The highest BCUT2D eigenvalue weighted by molar-refractivity contribution is 5.74. The van der Waals surface area contributed by atoms with Gasteiger partial charge in [-0.15, -0.1) is 0 Å². The molecule has 0 bridgehead atoms. The SMILES string of the molecule is CC/C=C\C/C=C\C/C=C\C/C=C\C/C=C\C/C=C\CCC(=O)OC1C(OCC(COC(=O)C/C=C\C/C=C\C/C=C\C/C=C\C/C=C\CC)OC(=O)CCCCCCC/C=C\CCCCCCCC)OC(C(=O)O)C(O)C1O. The molecule has 1 saturated heterocycles. The first-order chi connectivity index (χ1) is 38.6. The number of hydrogen-bond acceptors (Lipinski definition) is 11. The van der Waals surface area contributed by atoms with Gasteiger partial charge in [0, 0.05) is 12.8 Å². The van der Waals surface area contributed by atoms with Crippen LogP contribution in [-0.4, -0.2) is 89.2 Å². The first-order valence-corrected chi connectivity index (χ1v) is 29.8. The summed E-state index contributed by atoms with van der Waals surface area (Å²) >= 11 is 0. The quantitative estimate of drug-likeness (QED) is 0.0228. The summed E-state index contributed by atoms with van der Waals surface area (Å²) in [6, 6.07) is 0. The molecule has 12 heteroatoms. The summed E-state index contributed by atoms with van der Waals surface area (Å²) in [5.41, 5.74) is 0. The lowest BCUT2D eigenvalue weighted by Gasteiger charge is -2.40. The van der Waals surface area contributed by atoms with E-state index in [4.69, 9.17) is 23.7 Å². The number of carboxylic acids is 1. The van der Waals surface area contributed by atoms with Crippen molar-refractivity contribution < 1.29 is 58.2 Å². The molecular formula is C67H102O12. The number of carboxylic acid groups (broad SMARTS) is 1. The number of hydrogen-bond donors (Lipinski definition) is 3. The Kier molecular flexibility index (Phi) is 48.3. The average Bonchev–Trinajstić information content (AvgIpc) is 3.44. The Bertz CT molecular complexity index is 1930. The molecule has 1 aliphatic rings. The standard InChI is InChI=1S/C67H102O12/c1-4-7-10-13-16-19-22-25-28-29-30-31-34-37-40-43-46-49-52-55-61(70)78-65-63(72)62(71)64(66(73)74)79-67(65)76-57-58(77-60(69)54-51-48-45-42-39-36-33-27-24-21-18-15-12-9-6-3)56-75-59(68)53-50-47-44-41-38-35-32-26-23-20-17-14-11-8-5-2/h7-8,10-11,16-17,19-20,25-28,30-33,37-38,40-41,46-47,49-50,58,62-65,67,71-72H,4-6,9,12-15,18,21-24,29,34-36,39,42-45,48,51-57H2,1-3H3,(H,73,74)/b10-7-,11-8-,19-16-,20-17-,28-25-,31-30-,32-26-,33-27-,40-37-,41-38-,49-46-,50-47-. The van der Waals surface area contributed by atoms with Crippen LogP contribution < -0.4 is 0 Å². The number of carbonyl (C=O) groups excluding carboxylic acids is 3. The van der Waals surface area contributed by atoms with Gasteiger partial charge in [0.25, 0.3) is 0 Å². The Hall–Kier alpha value is -5.40. The van der Waals surface area contributed by atoms with Crippen LogP contribution in [0.25, 0.3) is 0 Å². The fourth-order valence-corrected chi connectivity index (χ4v) is 7.93. The molecule has 0 spiro atoms.